The Balaban J connectivity index is 3.40. The van der Waals surface area contributed by atoms with Gasteiger partial charge in [-0.2, -0.15) is 5.26 Å². The third kappa shape index (κ3) is 2.56. The molecule has 0 bridgehead atoms. The number of hydrogen-bond donors (Lipinski definition) is 0. The van der Waals surface area contributed by atoms with Gasteiger partial charge in [0.1, 0.15) is 11.8 Å². The summed E-state index contributed by atoms with van der Waals surface area (Å²) in [6.45, 7) is 4.56. The van der Waals surface area contributed by atoms with Crippen LogP contribution < -0.4 is 4.74 Å². The van der Waals surface area contributed by atoms with E-state index in [4.69, 9.17) is 21.6 Å². The van der Waals surface area contributed by atoms with Crippen LogP contribution in [-0.2, 0) is 6.42 Å². The van der Waals surface area contributed by atoms with E-state index in [1.807, 2.05) is 19.9 Å². The molecule has 0 aromatic heterocycles. The second-order valence-electron chi connectivity index (χ2n) is 2.93. The van der Waals surface area contributed by atoms with Crippen molar-refractivity contribution in [1.82, 2.24) is 0 Å². The maximum atomic E-state index is 8.96. The van der Waals surface area contributed by atoms with Gasteiger partial charge >= 0.3 is 0 Å². The molecule has 0 aliphatic carbocycles. The normalized spacial score (nSPS) is 9.80. The molecule has 4 heteroatoms. The number of rotatable bonds is 3. The summed E-state index contributed by atoms with van der Waals surface area (Å²) < 4.78 is 6.35. The standard InChI is InChI=1S/C11H11ClINO/c1-3-7-5-9(12)8(6-14)10(13)11(7)15-4-2/h5H,3-4H2,1-2H3. The molecule has 80 valence electrons. The third-order valence-electron chi connectivity index (χ3n) is 2.03. The van der Waals surface area contributed by atoms with Crippen LogP contribution in [0.15, 0.2) is 6.07 Å². The van der Waals surface area contributed by atoms with Crippen LogP contribution in [0, 0.1) is 14.9 Å². The Morgan fingerprint density at radius 3 is 2.67 bits per heavy atom. The van der Waals surface area contributed by atoms with Crippen molar-refractivity contribution in [2.75, 3.05) is 6.61 Å². The molecule has 0 amide bonds. The van der Waals surface area contributed by atoms with Gasteiger partial charge in [-0.1, -0.05) is 18.5 Å². The third-order valence-corrected chi connectivity index (χ3v) is 3.36. The molecule has 0 unspecified atom stereocenters. The fourth-order valence-electron chi connectivity index (χ4n) is 1.32. The smallest absolute Gasteiger partial charge is 0.137 e. The largest absolute Gasteiger partial charge is 0.492 e. The lowest BCUT2D eigenvalue weighted by Crippen LogP contribution is -2.01. The van der Waals surface area contributed by atoms with Crippen molar-refractivity contribution >= 4 is 34.2 Å². The first-order chi connectivity index (χ1) is 7.15. The first kappa shape index (κ1) is 12.6. The number of halogens is 2. The highest BCUT2D eigenvalue weighted by atomic mass is 127. The lowest BCUT2D eigenvalue weighted by Gasteiger charge is -2.13. The van der Waals surface area contributed by atoms with Crippen LogP contribution in [0.4, 0.5) is 0 Å². The van der Waals surface area contributed by atoms with Gasteiger partial charge in [-0.15, -0.1) is 0 Å². The maximum absolute atomic E-state index is 8.96. The van der Waals surface area contributed by atoms with E-state index >= 15 is 0 Å². The van der Waals surface area contributed by atoms with Crippen LogP contribution in [0.25, 0.3) is 0 Å². The highest BCUT2D eigenvalue weighted by Gasteiger charge is 2.15. The number of aryl methyl sites for hydroxylation is 1. The lowest BCUT2D eigenvalue weighted by atomic mass is 10.1. The highest BCUT2D eigenvalue weighted by Crippen LogP contribution is 2.34. The summed E-state index contributed by atoms with van der Waals surface area (Å²) in [5, 5.41) is 9.46. The van der Waals surface area contributed by atoms with Crippen LogP contribution in [0.3, 0.4) is 0 Å². The molecule has 2 nitrogen and oxygen atoms in total. The van der Waals surface area contributed by atoms with E-state index in [2.05, 4.69) is 28.7 Å². The van der Waals surface area contributed by atoms with Crippen molar-refractivity contribution in [3.63, 3.8) is 0 Å². The molecule has 0 atom stereocenters. The van der Waals surface area contributed by atoms with Crippen molar-refractivity contribution < 1.29 is 4.74 Å². The number of hydrogen-bond acceptors (Lipinski definition) is 2. The molecule has 0 heterocycles. The zero-order valence-electron chi connectivity index (χ0n) is 8.60. The minimum atomic E-state index is 0.498. The molecule has 0 fully saturated rings. The van der Waals surface area contributed by atoms with Crippen LogP contribution in [0.5, 0.6) is 5.75 Å². The van der Waals surface area contributed by atoms with E-state index in [1.165, 1.54) is 0 Å². The molecule has 1 aromatic carbocycles. The predicted molar refractivity (Wildman–Crippen MR) is 69.4 cm³/mol. The Morgan fingerprint density at radius 1 is 1.53 bits per heavy atom. The average molecular weight is 336 g/mol. The van der Waals surface area contributed by atoms with Gasteiger partial charge in [0.05, 0.1) is 20.8 Å². The average Bonchev–Trinajstić information content (AvgIpc) is 2.22. The summed E-state index contributed by atoms with van der Waals surface area (Å²) in [6, 6.07) is 3.91. The predicted octanol–water partition coefficient (Wildman–Crippen LogP) is 3.78. The van der Waals surface area contributed by atoms with Crippen molar-refractivity contribution in [2.24, 2.45) is 0 Å². The summed E-state index contributed by atoms with van der Waals surface area (Å²) in [4.78, 5) is 0. The van der Waals surface area contributed by atoms with Crippen molar-refractivity contribution in [3.8, 4) is 11.8 Å². The van der Waals surface area contributed by atoms with Crippen LogP contribution >= 0.6 is 34.2 Å². The van der Waals surface area contributed by atoms with E-state index in [-0.39, 0.29) is 0 Å². The molecule has 0 saturated carbocycles. The summed E-state index contributed by atoms with van der Waals surface area (Å²) in [5.74, 6) is 0.793. The van der Waals surface area contributed by atoms with Crippen molar-refractivity contribution in [2.45, 2.75) is 20.3 Å². The quantitative estimate of drug-likeness (QED) is 0.788. The van der Waals surface area contributed by atoms with E-state index in [0.717, 1.165) is 21.3 Å². The SMILES string of the molecule is CCOc1c(CC)cc(Cl)c(C#N)c1I. The Morgan fingerprint density at radius 2 is 2.20 bits per heavy atom. The topological polar surface area (TPSA) is 33.0 Å². The molecule has 0 saturated heterocycles. The van der Waals surface area contributed by atoms with Crippen LogP contribution in [-0.4, -0.2) is 6.61 Å². The first-order valence-electron chi connectivity index (χ1n) is 4.69. The molecule has 1 aromatic rings. The van der Waals surface area contributed by atoms with E-state index < -0.39 is 0 Å². The summed E-state index contributed by atoms with van der Waals surface area (Å²) in [7, 11) is 0. The second-order valence-corrected chi connectivity index (χ2v) is 4.42. The van der Waals surface area contributed by atoms with Crippen molar-refractivity contribution in [3.05, 3.63) is 25.8 Å². The molecule has 0 N–H and O–H groups in total. The highest BCUT2D eigenvalue weighted by molar-refractivity contribution is 14.1. The molecule has 0 radical (unpaired) electrons. The van der Waals surface area contributed by atoms with Crippen LogP contribution in [0.2, 0.25) is 5.02 Å². The van der Waals surface area contributed by atoms with Gasteiger partial charge in [-0.05, 0) is 47.6 Å². The first-order valence-corrected chi connectivity index (χ1v) is 6.15. The monoisotopic (exact) mass is 335 g/mol. The Hall–Kier alpha value is -0.470. The van der Waals surface area contributed by atoms with Gasteiger partial charge in [0.2, 0.25) is 0 Å². The minimum absolute atomic E-state index is 0.498. The molecule has 0 aliphatic heterocycles. The fraction of sp³-hybridized carbons (Fsp3) is 0.364. The van der Waals surface area contributed by atoms with E-state index in [9.17, 15) is 0 Å². The van der Waals surface area contributed by atoms with E-state index in [1.54, 1.807) is 0 Å². The van der Waals surface area contributed by atoms with E-state index in [0.29, 0.717) is 17.2 Å². The number of nitriles is 1. The molecule has 1 rings (SSSR count). The minimum Gasteiger partial charge on any atom is -0.492 e. The number of ether oxygens (including phenoxy) is 1. The second kappa shape index (κ2) is 5.57. The van der Waals surface area contributed by atoms with Gasteiger partial charge in [0, 0.05) is 0 Å². The van der Waals surface area contributed by atoms with Crippen LogP contribution in [0.1, 0.15) is 25.0 Å². The Bertz CT molecular complexity index is 412. The maximum Gasteiger partial charge on any atom is 0.137 e. The Kier molecular flexibility index (Phi) is 4.68. The van der Waals surface area contributed by atoms with Gasteiger partial charge in [0.15, 0.2) is 0 Å². The summed E-state index contributed by atoms with van der Waals surface area (Å²) >= 11 is 8.11. The Labute approximate surface area is 108 Å². The van der Waals surface area contributed by atoms with Gasteiger partial charge in [-0.25, -0.2) is 0 Å². The molecular formula is C11H11ClINO. The lowest BCUT2D eigenvalue weighted by molar-refractivity contribution is 0.334. The van der Waals surface area contributed by atoms with Gasteiger partial charge in [0.25, 0.3) is 0 Å². The summed E-state index contributed by atoms with van der Waals surface area (Å²) in [5.41, 5.74) is 1.54. The number of nitrogens with zero attached hydrogens (tertiary/aromatic N) is 1. The molecule has 15 heavy (non-hydrogen) atoms. The number of benzene rings is 1. The zero-order chi connectivity index (χ0) is 11.4. The summed E-state index contributed by atoms with van der Waals surface area (Å²) in [6.07, 6.45) is 0.844. The molecule has 0 aliphatic rings. The molecule has 0 spiro atoms. The van der Waals surface area contributed by atoms with Crippen molar-refractivity contribution in [1.29, 1.82) is 5.26 Å². The van der Waals surface area contributed by atoms with Gasteiger partial charge in [-0.3, -0.25) is 0 Å². The van der Waals surface area contributed by atoms with Gasteiger partial charge < -0.3 is 4.74 Å². The fourth-order valence-corrected chi connectivity index (χ4v) is 2.66. The zero-order valence-corrected chi connectivity index (χ0v) is 11.5. The molecular weight excluding hydrogens is 324 g/mol.